The molecule has 1 aliphatic carbocycles. The third-order valence-electron chi connectivity index (χ3n) is 6.29. The van der Waals surface area contributed by atoms with Crippen molar-refractivity contribution in [3.05, 3.63) is 39.9 Å². The topological polar surface area (TPSA) is 136 Å². The van der Waals surface area contributed by atoms with Crippen molar-refractivity contribution < 1.29 is 33.9 Å². The van der Waals surface area contributed by atoms with Crippen LogP contribution in [0.15, 0.2) is 24.3 Å². The van der Waals surface area contributed by atoms with E-state index >= 15 is 0 Å². The predicted octanol–water partition coefficient (Wildman–Crippen LogP) is 2.82. The van der Waals surface area contributed by atoms with Crippen molar-refractivity contribution in [1.29, 1.82) is 0 Å². The zero-order valence-electron chi connectivity index (χ0n) is 19.7. The minimum atomic E-state index is -2.09. The molecule has 0 aromatic heterocycles. The number of imide groups is 1. The standard InChI is InChI=1S/C23H30N2O8/c1-13(2)11-22(29)12-16(25(30)31)17(18(26)32-6)23(22)14-9-7-8-10-15(14)24(19(23)27)20(28)33-21(3,4)5/h7-10,13,16-17,29H,11-12H2,1-6H3. The first-order chi connectivity index (χ1) is 15.2. The number of benzene rings is 1. The van der Waals surface area contributed by atoms with Crippen LogP contribution < -0.4 is 4.90 Å². The molecule has 1 saturated carbocycles. The summed E-state index contributed by atoms with van der Waals surface area (Å²) < 4.78 is 10.3. The molecule has 1 spiro atoms. The van der Waals surface area contributed by atoms with E-state index in [0.29, 0.717) is 0 Å². The first-order valence-electron chi connectivity index (χ1n) is 10.8. The molecule has 1 aromatic rings. The highest BCUT2D eigenvalue weighted by Gasteiger charge is 2.78. The average Bonchev–Trinajstić information content (AvgIpc) is 3.10. The number of hydrogen-bond donors (Lipinski definition) is 1. The molecule has 4 unspecified atom stereocenters. The van der Waals surface area contributed by atoms with E-state index in [2.05, 4.69) is 0 Å². The number of nitrogens with zero attached hydrogens (tertiary/aromatic N) is 2. The van der Waals surface area contributed by atoms with Gasteiger partial charge in [0.1, 0.15) is 16.9 Å². The fourth-order valence-electron chi connectivity index (χ4n) is 5.42. The smallest absolute Gasteiger partial charge is 0.421 e. The maximum absolute atomic E-state index is 14.1. The van der Waals surface area contributed by atoms with Gasteiger partial charge in [-0.05, 0) is 44.7 Å². The molecule has 2 amide bonds. The van der Waals surface area contributed by atoms with Crippen molar-refractivity contribution in [2.24, 2.45) is 11.8 Å². The van der Waals surface area contributed by atoms with Crippen LogP contribution in [-0.2, 0) is 24.5 Å². The van der Waals surface area contributed by atoms with Crippen molar-refractivity contribution in [3.8, 4) is 0 Å². The Kier molecular flexibility index (Phi) is 6.04. The maximum Gasteiger partial charge on any atom is 0.421 e. The van der Waals surface area contributed by atoms with E-state index in [4.69, 9.17) is 9.47 Å². The van der Waals surface area contributed by atoms with Crippen molar-refractivity contribution >= 4 is 23.7 Å². The third kappa shape index (κ3) is 3.66. The van der Waals surface area contributed by atoms with E-state index in [1.54, 1.807) is 46.8 Å². The molecule has 3 rings (SSSR count). The molecule has 33 heavy (non-hydrogen) atoms. The number of methoxy groups -OCH3 is 1. The zero-order valence-corrected chi connectivity index (χ0v) is 19.7. The number of ether oxygens (including phenoxy) is 2. The zero-order chi connectivity index (χ0) is 24.9. The van der Waals surface area contributed by atoms with Gasteiger partial charge >= 0.3 is 12.1 Å². The number of para-hydroxylation sites is 1. The van der Waals surface area contributed by atoms with Crippen LogP contribution in [0.1, 0.15) is 53.0 Å². The minimum absolute atomic E-state index is 0.00688. The third-order valence-corrected chi connectivity index (χ3v) is 6.29. The van der Waals surface area contributed by atoms with Gasteiger partial charge < -0.3 is 14.6 Å². The molecule has 4 atom stereocenters. The Hall–Kier alpha value is -3.01. The highest BCUT2D eigenvalue weighted by Crippen LogP contribution is 2.61. The Morgan fingerprint density at radius 3 is 2.42 bits per heavy atom. The van der Waals surface area contributed by atoms with Gasteiger partial charge in [0.15, 0.2) is 0 Å². The Bertz CT molecular complexity index is 1000. The molecule has 2 aliphatic rings. The number of esters is 1. The molecule has 1 heterocycles. The Morgan fingerprint density at radius 2 is 1.91 bits per heavy atom. The molecule has 0 saturated heterocycles. The monoisotopic (exact) mass is 462 g/mol. The Balaban J connectivity index is 2.35. The summed E-state index contributed by atoms with van der Waals surface area (Å²) in [5.74, 6) is -3.74. The average molecular weight is 462 g/mol. The summed E-state index contributed by atoms with van der Waals surface area (Å²) in [6.45, 7) is 8.51. The quantitative estimate of drug-likeness (QED) is 0.410. The summed E-state index contributed by atoms with van der Waals surface area (Å²) in [6.07, 6.45) is -1.44. The first kappa shape index (κ1) is 24.6. The normalized spacial score (nSPS) is 28.8. The Labute approximate surface area is 192 Å². The number of anilines is 1. The van der Waals surface area contributed by atoms with Gasteiger partial charge in [-0.1, -0.05) is 32.0 Å². The first-order valence-corrected chi connectivity index (χ1v) is 10.8. The van der Waals surface area contributed by atoms with Crippen LogP contribution in [0.2, 0.25) is 0 Å². The maximum atomic E-state index is 14.1. The van der Waals surface area contributed by atoms with Crippen molar-refractivity contribution in [3.63, 3.8) is 0 Å². The summed E-state index contributed by atoms with van der Waals surface area (Å²) in [5, 5.41) is 24.0. The highest BCUT2D eigenvalue weighted by atomic mass is 16.6. The van der Waals surface area contributed by atoms with Crippen molar-refractivity contribution in [1.82, 2.24) is 0 Å². The van der Waals surface area contributed by atoms with Crippen LogP contribution in [0.5, 0.6) is 0 Å². The largest absolute Gasteiger partial charge is 0.469 e. The fourth-order valence-corrected chi connectivity index (χ4v) is 5.42. The van der Waals surface area contributed by atoms with E-state index in [1.807, 2.05) is 0 Å². The number of hydrogen-bond acceptors (Lipinski definition) is 8. The van der Waals surface area contributed by atoms with Gasteiger partial charge in [0, 0.05) is 11.3 Å². The second-order valence-electron chi connectivity index (χ2n) is 10.1. The lowest BCUT2D eigenvalue weighted by atomic mass is 9.63. The summed E-state index contributed by atoms with van der Waals surface area (Å²) in [4.78, 5) is 52.4. The summed E-state index contributed by atoms with van der Waals surface area (Å²) in [6, 6.07) is 4.61. The van der Waals surface area contributed by atoms with E-state index < -0.39 is 57.9 Å². The lowest BCUT2D eigenvalue weighted by Crippen LogP contribution is -2.60. The van der Waals surface area contributed by atoms with Crippen LogP contribution in [0.3, 0.4) is 0 Å². The van der Waals surface area contributed by atoms with Gasteiger partial charge in [0.2, 0.25) is 6.04 Å². The SMILES string of the molecule is COC(=O)C1C([N+](=O)[O-])CC(O)(CC(C)C)C12C(=O)N(C(=O)OC(C)(C)C)c1ccccc12. The van der Waals surface area contributed by atoms with E-state index in [1.165, 1.54) is 12.1 Å². The van der Waals surface area contributed by atoms with Crippen LogP contribution in [0.4, 0.5) is 10.5 Å². The van der Waals surface area contributed by atoms with Crippen LogP contribution >= 0.6 is 0 Å². The molecule has 0 radical (unpaired) electrons. The van der Waals surface area contributed by atoms with Gasteiger partial charge in [0.05, 0.1) is 18.4 Å². The lowest BCUT2D eigenvalue weighted by Gasteiger charge is -2.41. The van der Waals surface area contributed by atoms with E-state index in [0.717, 1.165) is 12.0 Å². The lowest BCUT2D eigenvalue weighted by molar-refractivity contribution is -0.528. The number of fused-ring (bicyclic) bond motifs is 2. The Morgan fingerprint density at radius 1 is 1.30 bits per heavy atom. The highest BCUT2D eigenvalue weighted by molar-refractivity contribution is 6.23. The van der Waals surface area contributed by atoms with Crippen molar-refractivity contribution in [2.75, 3.05) is 12.0 Å². The van der Waals surface area contributed by atoms with E-state index in [9.17, 15) is 29.6 Å². The predicted molar refractivity (Wildman–Crippen MR) is 117 cm³/mol. The summed E-state index contributed by atoms with van der Waals surface area (Å²) >= 11 is 0. The number of rotatable bonds is 4. The second-order valence-corrected chi connectivity index (χ2v) is 10.1. The molecule has 0 bridgehead atoms. The molecule has 1 fully saturated rings. The van der Waals surface area contributed by atoms with Crippen LogP contribution in [-0.4, -0.2) is 52.4 Å². The van der Waals surface area contributed by atoms with Crippen LogP contribution in [0.25, 0.3) is 0 Å². The molecular weight excluding hydrogens is 432 g/mol. The minimum Gasteiger partial charge on any atom is -0.469 e. The van der Waals surface area contributed by atoms with Gasteiger partial charge in [-0.15, -0.1) is 0 Å². The van der Waals surface area contributed by atoms with Gasteiger partial charge in [-0.3, -0.25) is 19.7 Å². The fraction of sp³-hybridized carbons (Fsp3) is 0.609. The molecule has 1 aromatic carbocycles. The van der Waals surface area contributed by atoms with Gasteiger partial charge in [-0.2, -0.15) is 0 Å². The number of amides is 2. The molecule has 10 nitrogen and oxygen atoms in total. The molecule has 10 heteroatoms. The summed E-state index contributed by atoms with van der Waals surface area (Å²) in [7, 11) is 1.07. The molecule has 180 valence electrons. The number of aliphatic hydroxyl groups is 1. The second kappa shape index (κ2) is 8.09. The number of nitro groups is 1. The molecular formula is C23H30N2O8. The molecule has 1 N–H and O–H groups in total. The van der Waals surface area contributed by atoms with E-state index in [-0.39, 0.29) is 23.6 Å². The van der Waals surface area contributed by atoms with Crippen molar-refractivity contribution in [2.45, 2.75) is 70.1 Å². The molecule has 1 aliphatic heterocycles. The number of carbonyl (C=O) groups is 3. The van der Waals surface area contributed by atoms with Gasteiger partial charge in [0.25, 0.3) is 5.91 Å². The van der Waals surface area contributed by atoms with Gasteiger partial charge in [-0.25, -0.2) is 9.69 Å². The summed E-state index contributed by atoms with van der Waals surface area (Å²) in [5.41, 5.74) is -4.71. The van der Waals surface area contributed by atoms with Crippen LogP contribution in [0, 0.1) is 22.0 Å². The number of carbonyl (C=O) groups excluding carboxylic acids is 3.